The second kappa shape index (κ2) is 34.8. The average Bonchev–Trinajstić information content (AvgIpc) is 1.67. The van der Waals surface area contributed by atoms with Crippen LogP contribution in [0.25, 0.3) is 0 Å². The van der Waals surface area contributed by atoms with E-state index in [2.05, 4.69) is 16.0 Å². The molecule has 1 aromatic carbocycles. The van der Waals surface area contributed by atoms with Gasteiger partial charge in [-0.2, -0.15) is 0 Å². The Balaban J connectivity index is 1.40. The van der Waals surface area contributed by atoms with Gasteiger partial charge in [0.25, 0.3) is 0 Å². The molecule has 0 aromatic heterocycles. The summed E-state index contributed by atoms with van der Waals surface area (Å²) in [6.07, 6.45) is 9.22. The number of fused-ring (bicyclic) bond motifs is 1. The lowest BCUT2D eigenvalue weighted by Crippen LogP contribution is -2.65. The Bertz CT molecular complexity index is 3040. The number of carbonyl (C=O) groups is 12. The molecule has 12 amide bonds. The molecule has 1 spiro atoms. The van der Waals surface area contributed by atoms with E-state index in [-0.39, 0.29) is 61.0 Å². The predicted molar refractivity (Wildman–Crippen MR) is 368 cm³/mol. The van der Waals surface area contributed by atoms with Crippen LogP contribution in [0.15, 0.2) is 12.1 Å². The Hall–Kier alpha value is -6.76. The van der Waals surface area contributed by atoms with Gasteiger partial charge in [0.2, 0.25) is 70.9 Å². The molecule has 8 atom stereocenters. The molecule has 3 N–H and O–H groups in total. The van der Waals surface area contributed by atoms with Crippen molar-refractivity contribution >= 4 is 94.1 Å². The Morgan fingerprint density at radius 1 is 0.649 bits per heavy atom. The summed E-state index contributed by atoms with van der Waals surface area (Å²) in [5.41, 5.74) is -1.57. The van der Waals surface area contributed by atoms with E-state index < -0.39 is 162 Å². The average molecular weight is 1400 g/mol. The first kappa shape index (κ1) is 79.2. The topological polar surface area (TPSA) is 279 Å². The van der Waals surface area contributed by atoms with Crippen molar-refractivity contribution in [3.63, 3.8) is 0 Å². The quantitative estimate of drug-likeness (QED) is 0.269. The van der Waals surface area contributed by atoms with Crippen molar-refractivity contribution in [2.45, 2.75) is 231 Å². The highest BCUT2D eigenvalue weighted by Crippen LogP contribution is 2.38. The minimum Gasteiger partial charge on any atom is -0.487 e. The van der Waals surface area contributed by atoms with E-state index in [4.69, 9.17) is 27.9 Å². The third kappa shape index (κ3) is 20.2. The van der Waals surface area contributed by atoms with Gasteiger partial charge in [0, 0.05) is 69.0 Å². The van der Waals surface area contributed by atoms with Gasteiger partial charge in [-0.05, 0) is 127 Å². The molecule has 542 valence electrons. The van der Waals surface area contributed by atoms with Crippen molar-refractivity contribution < 1.29 is 62.3 Å². The first-order valence-electron chi connectivity index (χ1n) is 35.0. The number of aryl methyl sites for hydroxylation is 1. The fraction of sp³-hybridized carbons (Fsp3) is 0.743. The molecule has 3 aliphatic heterocycles. The SMILES string of the molecule is CC[C@H](C)[C@@H]1NC(=O)[C@H](C)N(C)C(=O)C[C@@H](C(=O)N2CCCCC2)N(C)C(=O)[C@H](C(C)C)N(C)C(=O)C2(CCCC2)NC(=O)[C@@H]2CCCN2C(=O)[C@H](CCc2cc(Cl)c(Cl)c(OC(C)(C)C)c2)NC(=O)CN(C)C(=O)[C@H](CC2CCCCC2)N(C)C(=O)CN(C)C(=O)CN(C)C1=O. The Morgan fingerprint density at radius 3 is 1.87 bits per heavy atom. The summed E-state index contributed by atoms with van der Waals surface area (Å²) in [5.74, 6) is -8.01. The van der Waals surface area contributed by atoms with Crippen molar-refractivity contribution in [2.24, 2.45) is 17.8 Å². The lowest BCUT2D eigenvalue weighted by molar-refractivity contribution is -0.156. The van der Waals surface area contributed by atoms with Crippen LogP contribution in [-0.2, 0) is 64.0 Å². The van der Waals surface area contributed by atoms with Crippen molar-refractivity contribution in [3.05, 3.63) is 27.7 Å². The van der Waals surface area contributed by atoms with E-state index in [1.807, 2.05) is 27.7 Å². The summed E-state index contributed by atoms with van der Waals surface area (Å²) >= 11 is 13.3. The third-order valence-corrected chi connectivity index (χ3v) is 21.3. The molecule has 0 radical (unpaired) electrons. The third-order valence-electron chi connectivity index (χ3n) is 20.5. The highest BCUT2D eigenvalue weighted by atomic mass is 35.5. The van der Waals surface area contributed by atoms with E-state index in [9.17, 15) is 38.4 Å². The summed E-state index contributed by atoms with van der Waals surface area (Å²) in [5, 5.41) is 9.18. The molecule has 97 heavy (non-hydrogen) atoms. The molecule has 6 rings (SSSR count). The Morgan fingerprint density at radius 2 is 1.26 bits per heavy atom. The molecule has 27 heteroatoms. The van der Waals surface area contributed by atoms with Crippen molar-refractivity contribution in [2.75, 3.05) is 88.6 Å². The predicted octanol–water partition coefficient (Wildman–Crippen LogP) is 5.28. The number of benzene rings is 1. The van der Waals surface area contributed by atoms with Gasteiger partial charge in [-0.15, -0.1) is 0 Å². The van der Waals surface area contributed by atoms with E-state index >= 15 is 19.2 Å². The van der Waals surface area contributed by atoms with Crippen LogP contribution >= 0.6 is 23.2 Å². The van der Waals surface area contributed by atoms with Crippen LogP contribution in [0, 0.1) is 17.8 Å². The zero-order valence-electron chi connectivity index (χ0n) is 60.2. The lowest BCUT2D eigenvalue weighted by Gasteiger charge is -2.41. The first-order valence-corrected chi connectivity index (χ1v) is 35.7. The Labute approximate surface area is 584 Å². The summed E-state index contributed by atoms with van der Waals surface area (Å²) in [4.78, 5) is 189. The molecule has 5 fully saturated rings. The number of likely N-dealkylation sites (N-methyl/N-ethyl adjacent to an activating group) is 7. The van der Waals surface area contributed by atoms with Gasteiger partial charge in [-0.25, -0.2) is 0 Å². The van der Waals surface area contributed by atoms with Crippen LogP contribution < -0.4 is 20.7 Å². The van der Waals surface area contributed by atoms with Gasteiger partial charge in [0.15, 0.2) is 0 Å². The fourth-order valence-electron chi connectivity index (χ4n) is 14.2. The zero-order valence-corrected chi connectivity index (χ0v) is 61.7. The van der Waals surface area contributed by atoms with Gasteiger partial charge in [0.05, 0.1) is 31.1 Å². The smallest absolute Gasteiger partial charge is 0.248 e. The van der Waals surface area contributed by atoms with Crippen LogP contribution in [0.3, 0.4) is 0 Å². The molecule has 1 aromatic rings. The number of nitrogens with zero attached hydrogens (tertiary/aromatic N) is 9. The number of rotatable bonds is 10. The summed E-state index contributed by atoms with van der Waals surface area (Å²) < 4.78 is 6.16. The minimum absolute atomic E-state index is 0.0204. The molecular formula is C70H110Cl2N12O13. The van der Waals surface area contributed by atoms with Gasteiger partial charge in [-0.3, -0.25) is 57.5 Å². The monoisotopic (exact) mass is 1400 g/mol. The molecule has 3 saturated heterocycles. The summed E-state index contributed by atoms with van der Waals surface area (Å²) in [6.45, 7) is 13.5. The largest absolute Gasteiger partial charge is 0.487 e. The molecule has 2 aliphatic carbocycles. The number of piperidine rings is 1. The first-order chi connectivity index (χ1) is 45.5. The van der Waals surface area contributed by atoms with Crippen LogP contribution in [0.4, 0.5) is 0 Å². The highest BCUT2D eigenvalue weighted by Gasteiger charge is 2.50. The van der Waals surface area contributed by atoms with Crippen LogP contribution in [0.5, 0.6) is 5.75 Å². The molecule has 3 heterocycles. The number of amides is 12. The van der Waals surface area contributed by atoms with Crippen LogP contribution in [0.1, 0.15) is 177 Å². The minimum atomic E-state index is -1.52. The van der Waals surface area contributed by atoms with Gasteiger partial charge in [-0.1, -0.05) is 102 Å². The lowest BCUT2D eigenvalue weighted by atomic mass is 9.84. The van der Waals surface area contributed by atoms with Gasteiger partial charge < -0.3 is 64.8 Å². The number of ether oxygens (including phenoxy) is 1. The molecule has 25 nitrogen and oxygen atoms in total. The number of nitrogens with one attached hydrogen (secondary N) is 3. The van der Waals surface area contributed by atoms with Crippen LogP contribution in [0.2, 0.25) is 10.0 Å². The molecule has 0 unspecified atom stereocenters. The van der Waals surface area contributed by atoms with Crippen molar-refractivity contribution in [1.29, 1.82) is 0 Å². The van der Waals surface area contributed by atoms with Crippen LogP contribution in [-0.4, -0.2) is 257 Å². The number of halogens is 2. The van der Waals surface area contributed by atoms with E-state index in [1.165, 1.54) is 80.8 Å². The summed E-state index contributed by atoms with van der Waals surface area (Å²) in [6, 6.07) is -5.08. The number of likely N-dealkylation sites (tertiary alicyclic amines) is 1. The van der Waals surface area contributed by atoms with Gasteiger partial charge in [0.1, 0.15) is 64.2 Å². The zero-order chi connectivity index (χ0) is 72.1. The van der Waals surface area contributed by atoms with E-state index in [0.29, 0.717) is 62.9 Å². The van der Waals surface area contributed by atoms with E-state index in [0.717, 1.165) is 53.2 Å². The fourth-order valence-corrected chi connectivity index (χ4v) is 14.6. The summed E-state index contributed by atoms with van der Waals surface area (Å²) in [7, 11) is 10.0. The maximum Gasteiger partial charge on any atom is 0.248 e. The maximum absolute atomic E-state index is 15.4. The molecule has 0 bridgehead atoms. The van der Waals surface area contributed by atoms with Crippen molar-refractivity contribution in [1.82, 2.24) is 60.0 Å². The second-order valence-corrected chi connectivity index (χ2v) is 30.1. The molecule has 5 aliphatic rings. The second-order valence-electron chi connectivity index (χ2n) is 29.3. The maximum atomic E-state index is 15.4. The van der Waals surface area contributed by atoms with E-state index in [1.54, 1.807) is 37.8 Å². The Kier molecular flexibility index (Phi) is 28.5. The molecule has 2 saturated carbocycles. The number of hydrogen-bond donors (Lipinski definition) is 3. The highest BCUT2D eigenvalue weighted by molar-refractivity contribution is 6.43. The molecular weight excluding hydrogens is 1290 g/mol. The van der Waals surface area contributed by atoms with Crippen molar-refractivity contribution in [3.8, 4) is 5.75 Å². The standard InChI is InChI=1S/C70H110Cl2N12O13/c1-16-44(4)59-66(94)78(11)41-56(87)76(9)42-57(88)80(13)51(37-46-26-19-17-20-27-46)64(92)77(10)40-54(85)73-49(30-29-47-36-48(71)58(72)53(38-47)97-69(6,7)8)63(91)84-35-25-28-50(84)62(90)75-70(31-21-22-32-70)68(96)82(15)60(43(2)3)67(95)81(14)52(65(93)83-33-23-18-24-34-83)39-55(86)79(12)45(5)61(89)74-59/h36,38,43-46,49-52,59-60H,16-35,37,39-42H2,1-15H3,(H,73,85)(H,74,89)(H,75,90)/t44-,45-,49-,50-,51-,52-,59-,60-/m0/s1. The number of hydrogen-bond acceptors (Lipinski definition) is 13. The normalized spacial score (nSPS) is 26.2. The van der Waals surface area contributed by atoms with Gasteiger partial charge >= 0.3 is 0 Å². The number of carbonyl (C=O) groups excluding carboxylic acids is 12.